The zero-order valence-electron chi connectivity index (χ0n) is 21.3. The summed E-state index contributed by atoms with van der Waals surface area (Å²) in [6.45, 7) is 0. The lowest BCUT2D eigenvalue weighted by molar-refractivity contribution is -0.115. The molecule has 200 valence electrons. The number of halogens is 1. The van der Waals surface area contributed by atoms with Crippen LogP contribution in [0.4, 0.5) is 5.69 Å². The molecule has 38 heavy (non-hydrogen) atoms. The van der Waals surface area contributed by atoms with Crippen molar-refractivity contribution in [3.63, 3.8) is 0 Å². The summed E-state index contributed by atoms with van der Waals surface area (Å²) in [5.74, 6) is 0.756. The maximum Gasteiger partial charge on any atom is 0.337 e. The van der Waals surface area contributed by atoms with Gasteiger partial charge in [0.1, 0.15) is 17.2 Å². The minimum Gasteiger partial charge on any atom is -0.490 e. The third-order valence-corrected chi connectivity index (χ3v) is 7.26. The van der Waals surface area contributed by atoms with Crippen molar-refractivity contribution in [1.29, 1.82) is 0 Å². The highest BCUT2D eigenvalue weighted by Crippen LogP contribution is 2.29. The summed E-state index contributed by atoms with van der Waals surface area (Å²) in [5, 5.41) is 12.1. The average molecular weight is 582 g/mol. The molecule has 0 saturated heterocycles. The molecule has 0 bridgehead atoms. The Balaban J connectivity index is 1.28. The van der Waals surface area contributed by atoms with Crippen molar-refractivity contribution in [2.75, 3.05) is 12.4 Å². The summed E-state index contributed by atoms with van der Waals surface area (Å²) in [5.41, 5.74) is 1.04. The van der Waals surface area contributed by atoms with E-state index in [2.05, 4.69) is 21.2 Å². The molecule has 0 atom stereocenters. The van der Waals surface area contributed by atoms with Crippen LogP contribution in [0.15, 0.2) is 71.2 Å². The molecule has 0 heterocycles. The van der Waals surface area contributed by atoms with Crippen LogP contribution in [0.2, 0.25) is 0 Å². The smallest absolute Gasteiger partial charge is 0.337 e. The number of methoxy groups -OCH3 is 1. The van der Waals surface area contributed by atoms with Crippen LogP contribution in [-0.2, 0) is 16.0 Å². The van der Waals surface area contributed by atoms with Crippen molar-refractivity contribution in [1.82, 2.24) is 0 Å². The van der Waals surface area contributed by atoms with E-state index in [1.807, 2.05) is 36.4 Å². The molecule has 1 amide bonds. The van der Waals surface area contributed by atoms with Gasteiger partial charge in [-0.25, -0.2) is 4.79 Å². The highest BCUT2D eigenvalue weighted by molar-refractivity contribution is 9.10. The number of ether oxygens (including phenoxy) is 3. The molecular weight excluding hydrogens is 550 g/mol. The first-order chi connectivity index (χ1) is 18.4. The van der Waals surface area contributed by atoms with Gasteiger partial charge in [0, 0.05) is 11.6 Å². The number of rotatable bonds is 9. The van der Waals surface area contributed by atoms with Crippen LogP contribution < -0.4 is 14.8 Å². The quantitative estimate of drug-likeness (QED) is 0.276. The number of carboxylic acids is 1. The van der Waals surface area contributed by atoms with Gasteiger partial charge in [0.25, 0.3) is 0 Å². The number of carbonyl (C=O) groups excluding carboxylic acids is 1. The van der Waals surface area contributed by atoms with Crippen molar-refractivity contribution in [2.45, 2.75) is 57.2 Å². The molecule has 7 nitrogen and oxygen atoms in total. The van der Waals surface area contributed by atoms with Gasteiger partial charge in [-0.15, -0.1) is 0 Å². The van der Waals surface area contributed by atoms with Gasteiger partial charge >= 0.3 is 5.97 Å². The zero-order valence-corrected chi connectivity index (χ0v) is 22.9. The molecule has 4 rings (SSSR count). The first-order valence-corrected chi connectivity index (χ1v) is 13.6. The third kappa shape index (κ3) is 7.82. The number of amides is 1. The van der Waals surface area contributed by atoms with E-state index in [4.69, 9.17) is 14.2 Å². The van der Waals surface area contributed by atoms with E-state index < -0.39 is 5.97 Å². The summed E-state index contributed by atoms with van der Waals surface area (Å²) in [6.07, 6.45) is 7.15. The van der Waals surface area contributed by atoms with E-state index in [1.54, 1.807) is 31.4 Å². The Bertz CT molecular complexity index is 1220. The standard InChI is InChI=1S/C30H32BrNO6/c1-36-21-5-2-7-22(8-3-6-21)37-24-15-17-25(18-16-24)38-23-13-11-20(12-14-23)19-28(33)32-29-26(30(34)35)9-4-10-27(29)31/h4,9-18,21-22H,2-3,5-8,19H2,1H3,(H,32,33)(H,34,35). The molecule has 3 aromatic rings. The van der Waals surface area contributed by atoms with Crippen molar-refractivity contribution in [2.24, 2.45) is 0 Å². The predicted molar refractivity (Wildman–Crippen MR) is 149 cm³/mol. The van der Waals surface area contributed by atoms with Gasteiger partial charge in [-0.05, 0) is 109 Å². The van der Waals surface area contributed by atoms with E-state index in [1.165, 1.54) is 6.07 Å². The minimum atomic E-state index is -1.11. The van der Waals surface area contributed by atoms with E-state index in [0.29, 0.717) is 22.1 Å². The Hall–Kier alpha value is -3.36. The summed E-state index contributed by atoms with van der Waals surface area (Å²) in [4.78, 5) is 24.0. The van der Waals surface area contributed by atoms with E-state index in [9.17, 15) is 14.7 Å². The molecule has 1 aliphatic rings. The van der Waals surface area contributed by atoms with Crippen molar-refractivity contribution >= 4 is 33.5 Å². The fourth-order valence-electron chi connectivity index (χ4n) is 4.58. The number of hydrogen-bond donors (Lipinski definition) is 2. The second-order valence-corrected chi connectivity index (χ2v) is 10.2. The highest BCUT2D eigenvalue weighted by Gasteiger charge is 2.18. The molecule has 8 heteroatoms. The van der Waals surface area contributed by atoms with Crippen molar-refractivity contribution in [3.8, 4) is 17.2 Å². The predicted octanol–water partition coefficient (Wildman–Crippen LogP) is 7.24. The van der Waals surface area contributed by atoms with Gasteiger partial charge in [-0.3, -0.25) is 4.79 Å². The van der Waals surface area contributed by atoms with Crippen LogP contribution in [0.3, 0.4) is 0 Å². The molecule has 0 unspecified atom stereocenters. The van der Waals surface area contributed by atoms with Crippen LogP contribution in [-0.4, -0.2) is 36.3 Å². The van der Waals surface area contributed by atoms with Crippen LogP contribution in [0.1, 0.15) is 54.4 Å². The van der Waals surface area contributed by atoms with E-state index >= 15 is 0 Å². The van der Waals surface area contributed by atoms with Gasteiger partial charge in [-0.1, -0.05) is 18.2 Å². The van der Waals surface area contributed by atoms with Gasteiger partial charge < -0.3 is 24.6 Å². The molecule has 1 aliphatic carbocycles. The summed E-state index contributed by atoms with van der Waals surface area (Å²) in [6, 6.07) is 19.6. The lowest BCUT2D eigenvalue weighted by Crippen LogP contribution is -2.22. The average Bonchev–Trinajstić information content (AvgIpc) is 2.89. The fourth-order valence-corrected chi connectivity index (χ4v) is 5.04. The monoisotopic (exact) mass is 581 g/mol. The second kappa shape index (κ2) is 13.4. The number of benzene rings is 3. The van der Waals surface area contributed by atoms with E-state index in [-0.39, 0.29) is 29.7 Å². The molecule has 0 aliphatic heterocycles. The van der Waals surface area contributed by atoms with Crippen molar-refractivity contribution in [3.05, 3.63) is 82.3 Å². The lowest BCUT2D eigenvalue weighted by atomic mass is 9.96. The van der Waals surface area contributed by atoms with Gasteiger partial charge in [0.15, 0.2) is 0 Å². The number of nitrogens with one attached hydrogen (secondary N) is 1. The largest absolute Gasteiger partial charge is 0.490 e. The molecule has 0 spiro atoms. The number of hydrogen-bond acceptors (Lipinski definition) is 5. The zero-order chi connectivity index (χ0) is 26.9. The second-order valence-electron chi connectivity index (χ2n) is 9.37. The minimum absolute atomic E-state index is 0.0257. The Morgan fingerprint density at radius 3 is 2.05 bits per heavy atom. The Kier molecular flexibility index (Phi) is 9.79. The summed E-state index contributed by atoms with van der Waals surface area (Å²) < 4.78 is 18.2. The van der Waals surface area contributed by atoms with Crippen molar-refractivity contribution < 1.29 is 28.9 Å². The van der Waals surface area contributed by atoms with Crippen LogP contribution in [0.25, 0.3) is 0 Å². The molecule has 1 saturated carbocycles. The van der Waals surface area contributed by atoms with Gasteiger partial charge in [-0.2, -0.15) is 0 Å². The lowest BCUT2D eigenvalue weighted by Gasteiger charge is -2.24. The number of aromatic carboxylic acids is 1. The van der Waals surface area contributed by atoms with Gasteiger partial charge in [0.2, 0.25) is 5.91 Å². The molecule has 0 aromatic heterocycles. The SMILES string of the molecule is COC1CCCC(Oc2ccc(Oc3ccc(CC(=O)Nc4c(Br)cccc4C(=O)O)cc3)cc2)CCC1. The maximum absolute atomic E-state index is 12.6. The maximum atomic E-state index is 12.6. The summed E-state index contributed by atoms with van der Waals surface area (Å²) >= 11 is 3.30. The summed E-state index contributed by atoms with van der Waals surface area (Å²) in [7, 11) is 1.79. The molecular formula is C30H32BrNO6. The fraction of sp³-hybridized carbons (Fsp3) is 0.333. The first-order valence-electron chi connectivity index (χ1n) is 12.8. The molecule has 3 aromatic carbocycles. The Morgan fingerprint density at radius 2 is 1.45 bits per heavy atom. The number of carboxylic acid groups (broad SMARTS) is 1. The molecule has 1 fully saturated rings. The number of para-hydroxylation sites is 1. The van der Waals surface area contributed by atoms with Crippen LogP contribution >= 0.6 is 15.9 Å². The highest BCUT2D eigenvalue weighted by atomic mass is 79.9. The number of carbonyl (C=O) groups is 2. The van der Waals surface area contributed by atoms with Crippen LogP contribution in [0, 0.1) is 0 Å². The Labute approximate surface area is 231 Å². The number of anilines is 1. The molecule has 0 radical (unpaired) electrons. The van der Waals surface area contributed by atoms with E-state index in [0.717, 1.165) is 49.8 Å². The third-order valence-electron chi connectivity index (χ3n) is 6.60. The molecule has 2 N–H and O–H groups in total. The topological polar surface area (TPSA) is 94.1 Å². The normalized spacial score (nSPS) is 17.6. The Morgan fingerprint density at radius 1 is 0.868 bits per heavy atom. The van der Waals surface area contributed by atoms with Gasteiger partial charge in [0.05, 0.1) is 29.9 Å². The first kappa shape index (κ1) is 27.7. The van der Waals surface area contributed by atoms with Crippen LogP contribution in [0.5, 0.6) is 17.2 Å².